The molecule has 1 heterocycles. The molecule has 0 aromatic carbocycles. The molecular weight excluding hydrogens is 248 g/mol. The second kappa shape index (κ2) is 8.02. The molecule has 1 fully saturated rings. The van der Waals surface area contributed by atoms with Crippen molar-refractivity contribution in [2.75, 3.05) is 32.4 Å². The Morgan fingerprint density at radius 1 is 1.50 bits per heavy atom. The van der Waals surface area contributed by atoms with Crippen molar-refractivity contribution in [1.29, 1.82) is 0 Å². The number of likely N-dealkylation sites (tertiary alicyclic amines) is 1. The molecule has 1 rings (SSSR count). The number of nitrogens with zero attached hydrogens (tertiary/aromatic N) is 1. The van der Waals surface area contributed by atoms with Gasteiger partial charge in [0, 0.05) is 13.1 Å². The van der Waals surface area contributed by atoms with Crippen LogP contribution in [0.4, 0.5) is 0 Å². The van der Waals surface area contributed by atoms with Gasteiger partial charge < -0.3 is 15.3 Å². The molecule has 0 aromatic rings. The molecule has 0 radical (unpaired) electrons. The maximum atomic E-state index is 11.6. The van der Waals surface area contributed by atoms with Crippen molar-refractivity contribution in [2.45, 2.75) is 38.0 Å². The van der Waals surface area contributed by atoms with Crippen molar-refractivity contribution in [3.8, 4) is 0 Å². The van der Waals surface area contributed by atoms with Crippen LogP contribution in [-0.2, 0) is 4.79 Å². The first-order valence-corrected chi connectivity index (χ1v) is 8.02. The van der Waals surface area contributed by atoms with Crippen LogP contribution < -0.4 is 5.32 Å². The summed E-state index contributed by atoms with van der Waals surface area (Å²) in [5.41, 5.74) is 0. The minimum atomic E-state index is -0.462. The van der Waals surface area contributed by atoms with Crippen LogP contribution in [-0.4, -0.2) is 59.7 Å². The van der Waals surface area contributed by atoms with E-state index in [0.29, 0.717) is 13.1 Å². The fourth-order valence-electron chi connectivity index (χ4n) is 2.08. The molecule has 2 N–H and O–H groups in total. The standard InChI is InChI=1S/C13H26N2O2S/c1-10-4-6-15(7-5-10)9-12(16)8-14-13(17)11(2)18-3/h10-12,16H,4-9H2,1-3H3,(H,14,17). The average molecular weight is 274 g/mol. The van der Waals surface area contributed by atoms with Gasteiger partial charge in [-0.3, -0.25) is 4.79 Å². The summed E-state index contributed by atoms with van der Waals surface area (Å²) in [6.45, 7) is 7.30. The van der Waals surface area contributed by atoms with Crippen molar-refractivity contribution in [2.24, 2.45) is 5.92 Å². The highest BCUT2D eigenvalue weighted by molar-refractivity contribution is 7.99. The van der Waals surface area contributed by atoms with Crippen LogP contribution >= 0.6 is 11.8 Å². The summed E-state index contributed by atoms with van der Waals surface area (Å²) in [6.07, 6.45) is 3.87. The number of aliphatic hydroxyl groups excluding tert-OH is 1. The molecule has 0 aromatic heterocycles. The zero-order chi connectivity index (χ0) is 13.5. The molecule has 1 saturated heterocycles. The van der Waals surface area contributed by atoms with Gasteiger partial charge in [0.2, 0.25) is 5.91 Å². The maximum absolute atomic E-state index is 11.6. The largest absolute Gasteiger partial charge is 0.390 e. The molecule has 0 bridgehead atoms. The van der Waals surface area contributed by atoms with E-state index < -0.39 is 6.10 Å². The minimum absolute atomic E-state index is 0.00816. The van der Waals surface area contributed by atoms with E-state index in [9.17, 15) is 9.90 Å². The van der Waals surface area contributed by atoms with Crippen molar-refractivity contribution < 1.29 is 9.90 Å². The van der Waals surface area contributed by atoms with Crippen LogP contribution in [0, 0.1) is 5.92 Å². The van der Waals surface area contributed by atoms with Crippen molar-refractivity contribution in [1.82, 2.24) is 10.2 Å². The summed E-state index contributed by atoms with van der Waals surface area (Å²) in [5.74, 6) is 0.814. The highest BCUT2D eigenvalue weighted by atomic mass is 32.2. The molecule has 2 unspecified atom stereocenters. The summed E-state index contributed by atoms with van der Waals surface area (Å²) in [6, 6.07) is 0. The lowest BCUT2D eigenvalue weighted by atomic mass is 9.99. The number of hydrogen-bond donors (Lipinski definition) is 2. The highest BCUT2D eigenvalue weighted by Crippen LogP contribution is 2.15. The first-order valence-electron chi connectivity index (χ1n) is 6.73. The number of rotatable bonds is 6. The van der Waals surface area contributed by atoms with Crippen molar-refractivity contribution in [3.63, 3.8) is 0 Å². The van der Waals surface area contributed by atoms with Gasteiger partial charge in [0.25, 0.3) is 0 Å². The predicted octanol–water partition coefficient (Wildman–Crippen LogP) is 0.947. The third-order valence-corrected chi connectivity index (χ3v) is 4.50. The minimum Gasteiger partial charge on any atom is -0.390 e. The Balaban J connectivity index is 2.17. The van der Waals surface area contributed by atoms with E-state index >= 15 is 0 Å². The van der Waals surface area contributed by atoms with Gasteiger partial charge in [-0.05, 0) is 45.0 Å². The summed E-state index contributed by atoms with van der Waals surface area (Å²) in [5, 5.41) is 12.7. The molecule has 18 heavy (non-hydrogen) atoms. The third-order valence-electron chi connectivity index (χ3n) is 3.58. The normalized spacial score (nSPS) is 21.6. The topological polar surface area (TPSA) is 52.6 Å². The lowest BCUT2D eigenvalue weighted by molar-refractivity contribution is -0.120. The molecule has 1 aliphatic heterocycles. The van der Waals surface area contributed by atoms with E-state index in [0.717, 1.165) is 19.0 Å². The van der Waals surface area contributed by atoms with Gasteiger partial charge >= 0.3 is 0 Å². The monoisotopic (exact) mass is 274 g/mol. The van der Waals surface area contributed by atoms with Gasteiger partial charge in [0.1, 0.15) is 0 Å². The highest BCUT2D eigenvalue weighted by Gasteiger charge is 2.19. The van der Waals surface area contributed by atoms with Crippen molar-refractivity contribution >= 4 is 17.7 Å². The number of hydrogen-bond acceptors (Lipinski definition) is 4. The molecule has 0 aliphatic carbocycles. The van der Waals surface area contributed by atoms with Crippen LogP contribution in [0.5, 0.6) is 0 Å². The van der Waals surface area contributed by atoms with Crippen LogP contribution in [0.15, 0.2) is 0 Å². The number of carbonyl (C=O) groups excluding carboxylic acids is 1. The summed E-state index contributed by atoms with van der Waals surface area (Å²) >= 11 is 1.52. The summed E-state index contributed by atoms with van der Waals surface area (Å²) in [4.78, 5) is 13.8. The molecule has 0 saturated carbocycles. The Labute approximate surface area is 115 Å². The van der Waals surface area contributed by atoms with E-state index in [4.69, 9.17) is 0 Å². The maximum Gasteiger partial charge on any atom is 0.232 e. The number of nitrogens with one attached hydrogen (secondary N) is 1. The van der Waals surface area contributed by atoms with Crippen LogP contribution in [0.1, 0.15) is 26.7 Å². The molecule has 1 aliphatic rings. The van der Waals surface area contributed by atoms with E-state index in [-0.39, 0.29) is 11.2 Å². The Morgan fingerprint density at radius 3 is 2.67 bits per heavy atom. The zero-order valence-electron chi connectivity index (χ0n) is 11.7. The molecule has 5 heteroatoms. The second-order valence-corrected chi connectivity index (χ2v) is 6.44. The quantitative estimate of drug-likeness (QED) is 0.757. The zero-order valence-corrected chi connectivity index (χ0v) is 12.5. The molecule has 1 amide bonds. The third kappa shape index (κ3) is 5.59. The van der Waals surface area contributed by atoms with Gasteiger partial charge in [-0.25, -0.2) is 0 Å². The fraction of sp³-hybridized carbons (Fsp3) is 0.923. The summed E-state index contributed by atoms with van der Waals surface area (Å²) in [7, 11) is 0. The van der Waals surface area contributed by atoms with E-state index in [1.54, 1.807) is 0 Å². The molecule has 2 atom stereocenters. The van der Waals surface area contributed by atoms with E-state index in [1.165, 1.54) is 24.6 Å². The average Bonchev–Trinajstić information content (AvgIpc) is 2.37. The molecule has 106 valence electrons. The number of β-amino-alcohol motifs (C(OH)–C–C–N with tert-alkyl or cyclic N) is 1. The van der Waals surface area contributed by atoms with Gasteiger partial charge in [0.15, 0.2) is 0 Å². The number of thioether (sulfide) groups is 1. The van der Waals surface area contributed by atoms with E-state index in [2.05, 4.69) is 17.1 Å². The second-order valence-electron chi connectivity index (χ2n) is 5.26. The Kier molecular flexibility index (Phi) is 7.04. The number of amides is 1. The lowest BCUT2D eigenvalue weighted by Gasteiger charge is -2.31. The van der Waals surface area contributed by atoms with Crippen LogP contribution in [0.25, 0.3) is 0 Å². The van der Waals surface area contributed by atoms with Gasteiger partial charge in [-0.2, -0.15) is 11.8 Å². The molecule has 0 spiro atoms. The smallest absolute Gasteiger partial charge is 0.232 e. The number of piperidine rings is 1. The van der Waals surface area contributed by atoms with Gasteiger partial charge in [-0.1, -0.05) is 6.92 Å². The SMILES string of the molecule is CSC(C)C(=O)NCC(O)CN1CCC(C)CC1. The Bertz CT molecular complexity index is 255. The fourth-order valence-corrected chi connectivity index (χ4v) is 2.37. The first-order chi connectivity index (χ1) is 8.52. The Morgan fingerprint density at radius 2 is 2.11 bits per heavy atom. The molecule has 4 nitrogen and oxygen atoms in total. The van der Waals surface area contributed by atoms with Crippen LogP contribution in [0.2, 0.25) is 0 Å². The van der Waals surface area contributed by atoms with Crippen molar-refractivity contribution in [3.05, 3.63) is 0 Å². The Hall–Kier alpha value is -0.260. The van der Waals surface area contributed by atoms with E-state index in [1.807, 2.05) is 13.2 Å². The molecular formula is C13H26N2O2S. The summed E-state index contributed by atoms with van der Waals surface area (Å²) < 4.78 is 0. The van der Waals surface area contributed by atoms with Crippen LogP contribution in [0.3, 0.4) is 0 Å². The lowest BCUT2D eigenvalue weighted by Crippen LogP contribution is -2.44. The van der Waals surface area contributed by atoms with Gasteiger partial charge in [-0.15, -0.1) is 0 Å². The predicted molar refractivity (Wildman–Crippen MR) is 76.8 cm³/mol. The number of aliphatic hydroxyl groups is 1. The number of carbonyl (C=O) groups is 1. The van der Waals surface area contributed by atoms with Gasteiger partial charge in [0.05, 0.1) is 11.4 Å². The first kappa shape index (κ1) is 15.8.